The Balaban J connectivity index is 2.24. The number of carboxylic acid groups (broad SMARTS) is 1. The third-order valence-corrected chi connectivity index (χ3v) is 2.75. The number of hydrogen-bond acceptors (Lipinski definition) is 4. The van der Waals surface area contributed by atoms with E-state index in [0.29, 0.717) is 17.0 Å². The second kappa shape index (κ2) is 5.91. The van der Waals surface area contributed by atoms with Crippen molar-refractivity contribution in [2.45, 2.75) is 6.04 Å². The molecule has 0 heterocycles. The van der Waals surface area contributed by atoms with Gasteiger partial charge in [-0.05, 0) is 17.7 Å². The van der Waals surface area contributed by atoms with Crippen LogP contribution in [0, 0.1) is 0 Å². The molecule has 98 valence electrons. The lowest BCUT2D eigenvalue weighted by Gasteiger charge is -2.21. The Kier molecular flexibility index (Phi) is 4.03. The Hall–Kier alpha value is -2.49. The molecule has 0 aliphatic rings. The van der Waals surface area contributed by atoms with E-state index in [1.54, 1.807) is 55.6 Å². The van der Waals surface area contributed by atoms with Gasteiger partial charge in [0.15, 0.2) is 0 Å². The van der Waals surface area contributed by atoms with Crippen molar-refractivity contribution in [2.24, 2.45) is 0 Å². The number of anilines is 1. The number of rotatable bonds is 5. The van der Waals surface area contributed by atoms with E-state index < -0.39 is 12.0 Å². The molecule has 0 radical (unpaired) electrons. The van der Waals surface area contributed by atoms with Crippen LogP contribution in [0.3, 0.4) is 0 Å². The molecule has 19 heavy (non-hydrogen) atoms. The minimum Gasteiger partial charge on any atom is -0.548 e. The topological polar surface area (TPSA) is 61.4 Å². The molecule has 0 fully saturated rings. The van der Waals surface area contributed by atoms with Crippen molar-refractivity contribution in [2.75, 3.05) is 12.4 Å². The normalized spacial score (nSPS) is 11.6. The van der Waals surface area contributed by atoms with Crippen LogP contribution < -0.4 is 15.2 Å². The molecule has 4 heteroatoms. The molecular formula is C15H14NO3-. The summed E-state index contributed by atoms with van der Waals surface area (Å²) in [6.45, 7) is 0. The highest BCUT2D eigenvalue weighted by Crippen LogP contribution is 2.22. The van der Waals surface area contributed by atoms with Gasteiger partial charge in [-0.1, -0.05) is 36.4 Å². The molecule has 0 saturated heterocycles. The van der Waals surface area contributed by atoms with Gasteiger partial charge in [-0.15, -0.1) is 0 Å². The van der Waals surface area contributed by atoms with Crippen LogP contribution in [-0.2, 0) is 4.79 Å². The molecule has 0 bridgehead atoms. The van der Waals surface area contributed by atoms with E-state index in [4.69, 9.17) is 4.74 Å². The van der Waals surface area contributed by atoms with Crippen LogP contribution in [-0.4, -0.2) is 13.1 Å². The van der Waals surface area contributed by atoms with Crippen LogP contribution in [0.25, 0.3) is 0 Å². The van der Waals surface area contributed by atoms with Gasteiger partial charge in [-0.2, -0.15) is 0 Å². The lowest BCUT2D eigenvalue weighted by Crippen LogP contribution is -2.34. The van der Waals surface area contributed by atoms with Gasteiger partial charge in [0.1, 0.15) is 5.75 Å². The van der Waals surface area contributed by atoms with E-state index in [1.807, 2.05) is 6.07 Å². The highest BCUT2D eigenvalue weighted by Gasteiger charge is 2.12. The van der Waals surface area contributed by atoms with E-state index in [-0.39, 0.29) is 0 Å². The van der Waals surface area contributed by atoms with E-state index >= 15 is 0 Å². The van der Waals surface area contributed by atoms with Crippen molar-refractivity contribution < 1.29 is 14.6 Å². The maximum atomic E-state index is 11.3. The number of nitrogens with one attached hydrogen (secondary N) is 1. The van der Waals surface area contributed by atoms with Crippen LogP contribution >= 0.6 is 0 Å². The fourth-order valence-electron chi connectivity index (χ4n) is 1.80. The number of ether oxygens (including phenoxy) is 1. The van der Waals surface area contributed by atoms with Crippen LogP contribution in [0.5, 0.6) is 5.75 Å². The summed E-state index contributed by atoms with van der Waals surface area (Å²) < 4.78 is 5.10. The van der Waals surface area contributed by atoms with Crippen molar-refractivity contribution in [3.63, 3.8) is 0 Å². The second-order valence-corrected chi connectivity index (χ2v) is 4.04. The van der Waals surface area contributed by atoms with E-state index in [9.17, 15) is 9.90 Å². The Bertz CT molecular complexity index is 554. The molecule has 0 saturated carbocycles. The molecular weight excluding hydrogens is 242 g/mol. The maximum Gasteiger partial charge on any atom is 0.120 e. The third kappa shape index (κ3) is 3.25. The predicted octanol–water partition coefficient (Wildman–Crippen LogP) is 1.60. The summed E-state index contributed by atoms with van der Waals surface area (Å²) in [5.41, 5.74) is 1.31. The predicted molar refractivity (Wildman–Crippen MR) is 70.8 cm³/mol. The van der Waals surface area contributed by atoms with Crippen molar-refractivity contribution in [1.29, 1.82) is 0 Å². The number of aliphatic carboxylic acids is 1. The second-order valence-electron chi connectivity index (χ2n) is 4.04. The lowest BCUT2D eigenvalue weighted by molar-refractivity contribution is -0.307. The van der Waals surface area contributed by atoms with Crippen LogP contribution in [0.15, 0.2) is 54.6 Å². The lowest BCUT2D eigenvalue weighted by atomic mass is 10.1. The number of hydrogen-bond donors (Lipinski definition) is 1. The molecule has 0 amide bonds. The molecule has 4 nitrogen and oxygen atoms in total. The molecule has 0 aliphatic carbocycles. The number of carbonyl (C=O) groups excluding carboxylic acids is 1. The van der Waals surface area contributed by atoms with Crippen molar-refractivity contribution in [3.8, 4) is 5.75 Å². The minimum atomic E-state index is -1.17. The van der Waals surface area contributed by atoms with Crippen LogP contribution in [0.2, 0.25) is 0 Å². The van der Waals surface area contributed by atoms with E-state index in [2.05, 4.69) is 5.32 Å². The first-order chi connectivity index (χ1) is 9.20. The molecule has 2 aromatic carbocycles. The first-order valence-electron chi connectivity index (χ1n) is 5.87. The van der Waals surface area contributed by atoms with E-state index in [0.717, 1.165) is 0 Å². The highest BCUT2D eigenvalue weighted by atomic mass is 16.5. The van der Waals surface area contributed by atoms with Gasteiger partial charge in [-0.25, -0.2) is 0 Å². The Morgan fingerprint density at radius 3 is 2.53 bits per heavy atom. The molecule has 0 spiro atoms. The fourth-order valence-corrected chi connectivity index (χ4v) is 1.80. The number of benzene rings is 2. The maximum absolute atomic E-state index is 11.3. The summed E-state index contributed by atoms with van der Waals surface area (Å²) in [6, 6.07) is 15.1. The molecule has 1 atom stereocenters. The molecule has 2 rings (SSSR count). The quantitative estimate of drug-likeness (QED) is 0.882. The fraction of sp³-hybridized carbons (Fsp3) is 0.133. The summed E-state index contributed by atoms with van der Waals surface area (Å²) >= 11 is 0. The molecule has 0 aromatic heterocycles. The molecule has 1 N–H and O–H groups in total. The smallest absolute Gasteiger partial charge is 0.120 e. The summed E-state index contributed by atoms with van der Waals surface area (Å²) in [4.78, 5) is 11.3. The van der Waals surface area contributed by atoms with E-state index in [1.165, 1.54) is 0 Å². The number of carbonyl (C=O) groups is 1. The monoisotopic (exact) mass is 256 g/mol. The Morgan fingerprint density at radius 2 is 1.89 bits per heavy atom. The summed E-state index contributed by atoms with van der Waals surface area (Å²) in [5.74, 6) is -0.510. The largest absolute Gasteiger partial charge is 0.548 e. The van der Waals surface area contributed by atoms with Crippen molar-refractivity contribution in [1.82, 2.24) is 0 Å². The first-order valence-corrected chi connectivity index (χ1v) is 5.87. The van der Waals surface area contributed by atoms with Crippen molar-refractivity contribution >= 4 is 11.7 Å². The van der Waals surface area contributed by atoms with Crippen molar-refractivity contribution in [3.05, 3.63) is 60.2 Å². The average Bonchev–Trinajstić information content (AvgIpc) is 2.45. The highest BCUT2D eigenvalue weighted by molar-refractivity contribution is 5.77. The SMILES string of the molecule is COc1cccc(N[C@@H](C(=O)[O-])c2ccccc2)c1. The zero-order valence-electron chi connectivity index (χ0n) is 10.5. The Labute approximate surface area is 111 Å². The molecule has 0 aliphatic heterocycles. The van der Waals surface area contributed by atoms with Gasteiger partial charge in [0.2, 0.25) is 0 Å². The van der Waals surface area contributed by atoms with Gasteiger partial charge in [0.25, 0.3) is 0 Å². The van der Waals surface area contributed by atoms with Gasteiger partial charge in [0.05, 0.1) is 19.1 Å². The molecule has 0 unspecified atom stereocenters. The zero-order chi connectivity index (χ0) is 13.7. The number of carboxylic acids is 1. The van der Waals surface area contributed by atoms with Crippen LogP contribution in [0.4, 0.5) is 5.69 Å². The zero-order valence-corrected chi connectivity index (χ0v) is 10.5. The van der Waals surface area contributed by atoms with Gasteiger partial charge >= 0.3 is 0 Å². The van der Waals surface area contributed by atoms with Gasteiger partial charge < -0.3 is 20.0 Å². The number of methoxy groups -OCH3 is 1. The Morgan fingerprint density at radius 1 is 1.16 bits per heavy atom. The molecule has 2 aromatic rings. The third-order valence-electron chi connectivity index (χ3n) is 2.75. The summed E-state index contributed by atoms with van der Waals surface area (Å²) in [5, 5.41) is 14.2. The first kappa shape index (κ1) is 13.0. The van der Waals surface area contributed by atoms with Gasteiger partial charge in [0, 0.05) is 11.8 Å². The standard InChI is InChI=1S/C15H15NO3/c1-19-13-9-5-8-12(10-13)16-14(15(17)18)11-6-3-2-4-7-11/h2-10,14,16H,1H3,(H,17,18)/p-1/t14-/m1/s1. The summed E-state index contributed by atoms with van der Waals surface area (Å²) in [7, 11) is 1.56. The summed E-state index contributed by atoms with van der Waals surface area (Å²) in [6.07, 6.45) is 0. The van der Waals surface area contributed by atoms with Crippen LogP contribution in [0.1, 0.15) is 11.6 Å². The minimum absolute atomic E-state index is 0.644. The average molecular weight is 256 g/mol. The van der Waals surface area contributed by atoms with Gasteiger partial charge in [-0.3, -0.25) is 0 Å².